The summed E-state index contributed by atoms with van der Waals surface area (Å²) in [6, 6.07) is 7.02. The molecule has 1 fully saturated rings. The summed E-state index contributed by atoms with van der Waals surface area (Å²) in [6.07, 6.45) is 1.44. The van der Waals surface area contributed by atoms with Crippen LogP contribution < -0.4 is 5.32 Å². The third-order valence-electron chi connectivity index (χ3n) is 3.96. The third kappa shape index (κ3) is 5.47. The predicted molar refractivity (Wildman–Crippen MR) is 91.2 cm³/mol. The highest BCUT2D eigenvalue weighted by Crippen LogP contribution is 2.16. The van der Waals surface area contributed by atoms with Crippen LogP contribution in [0.1, 0.15) is 23.2 Å². The van der Waals surface area contributed by atoms with Gasteiger partial charge in [-0.3, -0.25) is 9.59 Å². The second-order valence-corrected chi connectivity index (χ2v) is 6.06. The van der Waals surface area contributed by atoms with Crippen LogP contribution in [0.2, 0.25) is 5.02 Å². The largest absolute Gasteiger partial charge is 0.382 e. The molecule has 1 saturated heterocycles. The molecule has 1 aromatic carbocycles. The lowest BCUT2D eigenvalue weighted by Crippen LogP contribution is -2.47. The fraction of sp³-hybridized carbons (Fsp3) is 0.529. The van der Waals surface area contributed by atoms with E-state index in [2.05, 4.69) is 5.32 Å². The summed E-state index contributed by atoms with van der Waals surface area (Å²) < 4.78 is 10.1. The Bertz CT molecular complexity index is 559. The molecule has 1 heterocycles. The number of nitrogens with zero attached hydrogens (tertiary/aromatic N) is 1. The molecule has 2 rings (SSSR count). The molecule has 1 N–H and O–H groups in total. The normalized spacial score (nSPS) is 15.3. The molecule has 24 heavy (non-hydrogen) atoms. The number of halogens is 1. The monoisotopic (exact) mass is 354 g/mol. The van der Waals surface area contributed by atoms with E-state index in [0.717, 1.165) is 12.8 Å². The standard InChI is InChI=1S/C17H23ClN2O4/c1-23-10-11-24-12-16(21)20-8-6-13(7-9-20)19-17(22)14-4-2-3-5-15(14)18/h2-5,13H,6-12H2,1H3,(H,19,22). The summed E-state index contributed by atoms with van der Waals surface area (Å²) in [7, 11) is 1.59. The SMILES string of the molecule is COCCOCC(=O)N1CCC(NC(=O)c2ccccc2Cl)CC1. The van der Waals surface area contributed by atoms with Crippen molar-refractivity contribution in [1.29, 1.82) is 0 Å². The minimum Gasteiger partial charge on any atom is -0.382 e. The van der Waals surface area contributed by atoms with E-state index in [1.807, 2.05) is 0 Å². The van der Waals surface area contributed by atoms with Gasteiger partial charge >= 0.3 is 0 Å². The van der Waals surface area contributed by atoms with Gasteiger partial charge in [0.2, 0.25) is 5.91 Å². The van der Waals surface area contributed by atoms with Gasteiger partial charge in [-0.1, -0.05) is 23.7 Å². The van der Waals surface area contributed by atoms with Gasteiger partial charge < -0.3 is 19.7 Å². The molecule has 0 unspecified atom stereocenters. The first-order chi connectivity index (χ1) is 11.6. The lowest BCUT2D eigenvalue weighted by molar-refractivity contribution is -0.137. The van der Waals surface area contributed by atoms with Gasteiger partial charge in [-0.2, -0.15) is 0 Å². The summed E-state index contributed by atoms with van der Waals surface area (Å²) in [6.45, 7) is 2.18. The van der Waals surface area contributed by atoms with Crippen molar-refractivity contribution in [3.63, 3.8) is 0 Å². The molecule has 1 aliphatic heterocycles. The summed E-state index contributed by atoms with van der Waals surface area (Å²) in [5.41, 5.74) is 0.476. The van der Waals surface area contributed by atoms with Crippen LogP contribution in [0.5, 0.6) is 0 Å². The quantitative estimate of drug-likeness (QED) is 0.757. The van der Waals surface area contributed by atoms with Crippen LogP contribution in [0.4, 0.5) is 0 Å². The molecule has 0 atom stereocenters. The smallest absolute Gasteiger partial charge is 0.253 e. The predicted octanol–water partition coefficient (Wildman–Crippen LogP) is 1.72. The highest BCUT2D eigenvalue weighted by atomic mass is 35.5. The molecule has 0 saturated carbocycles. The van der Waals surface area contributed by atoms with E-state index in [-0.39, 0.29) is 24.5 Å². The maximum atomic E-state index is 12.2. The second-order valence-electron chi connectivity index (χ2n) is 5.65. The lowest BCUT2D eigenvalue weighted by Gasteiger charge is -2.32. The van der Waals surface area contributed by atoms with Gasteiger partial charge in [0.1, 0.15) is 6.61 Å². The number of methoxy groups -OCH3 is 1. The Kier molecular flexibility index (Phi) is 7.49. The number of amides is 2. The number of ether oxygens (including phenoxy) is 2. The molecule has 0 spiro atoms. The minimum atomic E-state index is -0.173. The summed E-state index contributed by atoms with van der Waals surface area (Å²) in [5, 5.41) is 3.43. The Hall–Kier alpha value is -1.63. The van der Waals surface area contributed by atoms with Crippen LogP contribution in [0.25, 0.3) is 0 Å². The number of nitrogens with one attached hydrogen (secondary N) is 1. The molecule has 1 aromatic rings. The van der Waals surface area contributed by atoms with Crippen LogP contribution in [-0.2, 0) is 14.3 Å². The summed E-state index contributed by atoms with van der Waals surface area (Å²) >= 11 is 6.04. The van der Waals surface area contributed by atoms with Gasteiger partial charge in [0, 0.05) is 26.2 Å². The number of hydrogen-bond donors (Lipinski definition) is 1. The van der Waals surface area contributed by atoms with Crippen molar-refractivity contribution in [3.8, 4) is 0 Å². The maximum absolute atomic E-state index is 12.2. The maximum Gasteiger partial charge on any atom is 0.253 e. The second kappa shape index (κ2) is 9.61. The van der Waals surface area contributed by atoms with Gasteiger partial charge in [0.05, 0.1) is 23.8 Å². The van der Waals surface area contributed by atoms with Crippen molar-refractivity contribution in [2.24, 2.45) is 0 Å². The fourth-order valence-corrected chi connectivity index (χ4v) is 2.80. The molecule has 2 amide bonds. The zero-order valence-corrected chi connectivity index (χ0v) is 14.6. The van der Waals surface area contributed by atoms with E-state index in [9.17, 15) is 9.59 Å². The molecule has 7 heteroatoms. The van der Waals surface area contributed by atoms with E-state index in [4.69, 9.17) is 21.1 Å². The lowest BCUT2D eigenvalue weighted by atomic mass is 10.0. The average molecular weight is 355 g/mol. The van der Waals surface area contributed by atoms with Crippen molar-refractivity contribution in [2.45, 2.75) is 18.9 Å². The van der Waals surface area contributed by atoms with Gasteiger partial charge in [-0.25, -0.2) is 0 Å². The van der Waals surface area contributed by atoms with Crippen molar-refractivity contribution >= 4 is 23.4 Å². The van der Waals surface area contributed by atoms with Crippen LogP contribution in [0.15, 0.2) is 24.3 Å². The number of carbonyl (C=O) groups excluding carboxylic acids is 2. The molecular weight excluding hydrogens is 332 g/mol. The number of likely N-dealkylation sites (tertiary alicyclic amines) is 1. The number of piperidine rings is 1. The van der Waals surface area contributed by atoms with Gasteiger partial charge in [0.25, 0.3) is 5.91 Å². The van der Waals surface area contributed by atoms with Crippen LogP contribution in [0.3, 0.4) is 0 Å². The van der Waals surface area contributed by atoms with Crippen LogP contribution in [0, 0.1) is 0 Å². The Balaban J connectivity index is 1.73. The number of rotatable bonds is 7. The van der Waals surface area contributed by atoms with Gasteiger partial charge in [-0.05, 0) is 25.0 Å². The Morgan fingerprint density at radius 3 is 2.62 bits per heavy atom. The molecule has 132 valence electrons. The van der Waals surface area contributed by atoms with Crippen molar-refractivity contribution in [1.82, 2.24) is 10.2 Å². The first kappa shape index (κ1) is 18.7. The van der Waals surface area contributed by atoms with E-state index >= 15 is 0 Å². The highest BCUT2D eigenvalue weighted by molar-refractivity contribution is 6.33. The topological polar surface area (TPSA) is 67.9 Å². The van der Waals surface area contributed by atoms with E-state index in [1.165, 1.54) is 0 Å². The molecule has 6 nitrogen and oxygen atoms in total. The third-order valence-corrected chi connectivity index (χ3v) is 4.29. The van der Waals surface area contributed by atoms with E-state index < -0.39 is 0 Å². The molecule has 0 radical (unpaired) electrons. The van der Waals surface area contributed by atoms with Gasteiger partial charge in [-0.15, -0.1) is 0 Å². The van der Waals surface area contributed by atoms with E-state index in [1.54, 1.807) is 36.3 Å². The Morgan fingerprint density at radius 1 is 1.25 bits per heavy atom. The number of benzene rings is 1. The number of carbonyl (C=O) groups is 2. The van der Waals surface area contributed by atoms with Gasteiger partial charge in [0.15, 0.2) is 0 Å². The van der Waals surface area contributed by atoms with E-state index in [0.29, 0.717) is 36.9 Å². The highest BCUT2D eigenvalue weighted by Gasteiger charge is 2.24. The zero-order chi connectivity index (χ0) is 17.4. The number of hydrogen-bond acceptors (Lipinski definition) is 4. The minimum absolute atomic E-state index is 0.0259. The summed E-state index contributed by atoms with van der Waals surface area (Å²) in [4.78, 5) is 26.0. The molecule has 0 aliphatic carbocycles. The molecule has 1 aliphatic rings. The van der Waals surface area contributed by atoms with Crippen molar-refractivity contribution in [2.75, 3.05) is 40.0 Å². The molecular formula is C17H23ClN2O4. The first-order valence-electron chi connectivity index (χ1n) is 8.01. The fourth-order valence-electron chi connectivity index (χ4n) is 2.57. The first-order valence-corrected chi connectivity index (χ1v) is 8.39. The van der Waals surface area contributed by atoms with Crippen LogP contribution in [-0.4, -0.2) is 62.8 Å². The summed E-state index contributed by atoms with van der Waals surface area (Å²) in [5.74, 6) is -0.199. The Labute approximate surface area is 147 Å². The molecule has 0 bridgehead atoms. The van der Waals surface area contributed by atoms with Crippen molar-refractivity contribution < 1.29 is 19.1 Å². The van der Waals surface area contributed by atoms with Crippen molar-refractivity contribution in [3.05, 3.63) is 34.9 Å². The molecule has 0 aromatic heterocycles. The Morgan fingerprint density at radius 2 is 1.96 bits per heavy atom. The average Bonchev–Trinajstić information content (AvgIpc) is 2.59. The van der Waals surface area contributed by atoms with Crippen LogP contribution >= 0.6 is 11.6 Å². The zero-order valence-electron chi connectivity index (χ0n) is 13.8.